The molecule has 0 aromatic rings. The quantitative estimate of drug-likeness (QED) is 0.489. The van der Waals surface area contributed by atoms with Gasteiger partial charge in [0.1, 0.15) is 6.10 Å². The molecule has 0 aliphatic heterocycles. The highest BCUT2D eigenvalue weighted by molar-refractivity contribution is 4.96. The van der Waals surface area contributed by atoms with E-state index < -0.39 is 18.3 Å². The maximum atomic E-state index is 9.64. The molecule has 1 unspecified atom stereocenters. The normalized spacial score (nSPS) is 47.5. The number of hydrogen-bond donors (Lipinski definition) is 3. The van der Waals surface area contributed by atoms with Crippen LogP contribution in [0, 0.1) is 11.3 Å². The molecular formula is C9H18O3. The molecule has 1 aliphatic carbocycles. The molecule has 3 heteroatoms. The van der Waals surface area contributed by atoms with Crippen molar-refractivity contribution in [3.05, 3.63) is 0 Å². The number of rotatable bonds is 0. The molecule has 1 fully saturated rings. The van der Waals surface area contributed by atoms with Crippen LogP contribution in [0.3, 0.4) is 0 Å². The summed E-state index contributed by atoms with van der Waals surface area (Å²) in [6.07, 6.45) is -2.03. The van der Waals surface area contributed by atoms with E-state index in [4.69, 9.17) is 0 Å². The van der Waals surface area contributed by atoms with Gasteiger partial charge in [-0.2, -0.15) is 0 Å². The zero-order valence-corrected chi connectivity index (χ0v) is 7.86. The van der Waals surface area contributed by atoms with Gasteiger partial charge >= 0.3 is 0 Å². The number of aliphatic hydroxyl groups is 3. The van der Waals surface area contributed by atoms with Gasteiger partial charge in [-0.1, -0.05) is 20.8 Å². The summed E-state index contributed by atoms with van der Waals surface area (Å²) in [6.45, 7) is 5.81. The largest absolute Gasteiger partial charge is 0.390 e. The zero-order valence-electron chi connectivity index (χ0n) is 7.86. The molecular weight excluding hydrogens is 156 g/mol. The minimum Gasteiger partial charge on any atom is -0.390 e. The van der Waals surface area contributed by atoms with Gasteiger partial charge in [-0.05, 0) is 17.8 Å². The van der Waals surface area contributed by atoms with Crippen molar-refractivity contribution in [3.63, 3.8) is 0 Å². The van der Waals surface area contributed by atoms with Crippen LogP contribution in [-0.2, 0) is 0 Å². The third-order valence-electron chi connectivity index (χ3n) is 3.35. The predicted octanol–water partition coefficient (Wildman–Crippen LogP) is 0.135. The third-order valence-corrected chi connectivity index (χ3v) is 3.35. The Hall–Kier alpha value is -0.120. The second kappa shape index (κ2) is 2.98. The van der Waals surface area contributed by atoms with Crippen molar-refractivity contribution < 1.29 is 15.3 Å². The van der Waals surface area contributed by atoms with Gasteiger partial charge in [0.15, 0.2) is 0 Å². The van der Waals surface area contributed by atoms with Gasteiger partial charge in [-0.3, -0.25) is 0 Å². The molecule has 0 aromatic carbocycles. The van der Waals surface area contributed by atoms with Crippen LogP contribution >= 0.6 is 0 Å². The zero-order chi connectivity index (χ0) is 9.52. The van der Waals surface area contributed by atoms with Crippen molar-refractivity contribution >= 4 is 0 Å². The molecule has 3 nitrogen and oxygen atoms in total. The van der Waals surface area contributed by atoms with Gasteiger partial charge < -0.3 is 15.3 Å². The molecule has 0 radical (unpaired) electrons. The van der Waals surface area contributed by atoms with Gasteiger partial charge in [0.05, 0.1) is 12.2 Å². The van der Waals surface area contributed by atoms with Crippen LogP contribution in [0.4, 0.5) is 0 Å². The lowest BCUT2D eigenvalue weighted by molar-refractivity contribution is -0.157. The molecule has 0 heterocycles. The van der Waals surface area contributed by atoms with E-state index in [1.165, 1.54) is 0 Å². The van der Waals surface area contributed by atoms with E-state index in [-0.39, 0.29) is 11.3 Å². The summed E-state index contributed by atoms with van der Waals surface area (Å²) in [7, 11) is 0. The van der Waals surface area contributed by atoms with Gasteiger partial charge in [-0.15, -0.1) is 0 Å². The highest BCUT2D eigenvalue weighted by Gasteiger charge is 2.45. The highest BCUT2D eigenvalue weighted by Crippen LogP contribution is 2.40. The van der Waals surface area contributed by atoms with Crippen molar-refractivity contribution in [2.75, 3.05) is 0 Å². The van der Waals surface area contributed by atoms with Crippen LogP contribution in [-0.4, -0.2) is 33.6 Å². The molecule has 1 rings (SSSR count). The Labute approximate surface area is 73.0 Å². The van der Waals surface area contributed by atoms with E-state index in [1.807, 2.05) is 20.8 Å². The Bertz CT molecular complexity index is 167. The summed E-state index contributed by atoms with van der Waals surface area (Å²) in [5, 5.41) is 28.4. The van der Waals surface area contributed by atoms with Crippen LogP contribution in [0.2, 0.25) is 0 Å². The molecule has 1 aliphatic rings. The van der Waals surface area contributed by atoms with E-state index in [0.717, 1.165) is 0 Å². The van der Waals surface area contributed by atoms with Crippen molar-refractivity contribution in [1.82, 2.24) is 0 Å². The Morgan fingerprint density at radius 1 is 1.17 bits per heavy atom. The summed E-state index contributed by atoms with van der Waals surface area (Å²) in [5.41, 5.74) is -0.307. The monoisotopic (exact) mass is 174 g/mol. The molecule has 12 heavy (non-hydrogen) atoms. The first-order valence-corrected chi connectivity index (χ1v) is 4.41. The second-order valence-corrected chi connectivity index (χ2v) is 4.46. The molecule has 0 amide bonds. The van der Waals surface area contributed by atoms with Gasteiger partial charge in [0.2, 0.25) is 0 Å². The molecule has 1 saturated carbocycles. The fourth-order valence-corrected chi connectivity index (χ4v) is 1.75. The molecule has 0 saturated heterocycles. The molecule has 3 N–H and O–H groups in total. The first-order valence-electron chi connectivity index (χ1n) is 4.41. The molecule has 4 atom stereocenters. The first-order chi connectivity index (χ1) is 5.37. The van der Waals surface area contributed by atoms with E-state index >= 15 is 0 Å². The van der Waals surface area contributed by atoms with Crippen molar-refractivity contribution in [1.29, 1.82) is 0 Å². The Morgan fingerprint density at radius 2 is 1.67 bits per heavy atom. The lowest BCUT2D eigenvalue weighted by atomic mass is 9.66. The summed E-state index contributed by atoms with van der Waals surface area (Å²) < 4.78 is 0. The van der Waals surface area contributed by atoms with E-state index in [2.05, 4.69) is 0 Å². The number of hydrogen-bond acceptors (Lipinski definition) is 3. The summed E-state index contributed by atoms with van der Waals surface area (Å²) in [6, 6.07) is 0. The average Bonchev–Trinajstić information content (AvgIpc) is 1.99. The van der Waals surface area contributed by atoms with Crippen LogP contribution < -0.4 is 0 Å². The first kappa shape index (κ1) is 9.96. The van der Waals surface area contributed by atoms with E-state index in [1.54, 1.807) is 0 Å². The summed E-state index contributed by atoms with van der Waals surface area (Å²) >= 11 is 0. The molecule has 72 valence electrons. The van der Waals surface area contributed by atoms with E-state index in [0.29, 0.717) is 6.42 Å². The molecule has 0 bridgehead atoms. The fraction of sp³-hybridized carbons (Fsp3) is 1.00. The SMILES string of the molecule is C[C@H]1CC(O)[C@H](O)[C@H](O)C1(C)C. The maximum absolute atomic E-state index is 9.64. The third kappa shape index (κ3) is 1.37. The van der Waals surface area contributed by atoms with Gasteiger partial charge in [0, 0.05) is 0 Å². The van der Waals surface area contributed by atoms with Gasteiger partial charge in [-0.25, -0.2) is 0 Å². The van der Waals surface area contributed by atoms with Crippen LogP contribution in [0.1, 0.15) is 27.2 Å². The Morgan fingerprint density at radius 3 is 2.17 bits per heavy atom. The smallest absolute Gasteiger partial charge is 0.106 e. The Kier molecular flexibility index (Phi) is 2.47. The Balaban J connectivity index is 2.80. The average molecular weight is 174 g/mol. The minimum absolute atomic E-state index is 0.228. The van der Waals surface area contributed by atoms with Crippen LogP contribution in [0.25, 0.3) is 0 Å². The topological polar surface area (TPSA) is 60.7 Å². The van der Waals surface area contributed by atoms with Crippen molar-refractivity contribution in [2.24, 2.45) is 11.3 Å². The lowest BCUT2D eigenvalue weighted by Crippen LogP contribution is -2.54. The number of aliphatic hydroxyl groups excluding tert-OH is 3. The standard InChI is InChI=1S/C9H18O3/c1-5-4-6(10)7(11)8(12)9(5,2)3/h5-8,10-12H,4H2,1-3H3/t5-,6?,7-,8-/m0/s1. The van der Waals surface area contributed by atoms with Crippen molar-refractivity contribution in [2.45, 2.75) is 45.5 Å². The maximum Gasteiger partial charge on any atom is 0.106 e. The summed E-state index contributed by atoms with van der Waals surface area (Å²) in [5.74, 6) is 0.228. The minimum atomic E-state index is -0.990. The van der Waals surface area contributed by atoms with Crippen molar-refractivity contribution in [3.8, 4) is 0 Å². The molecule has 0 spiro atoms. The summed E-state index contributed by atoms with van der Waals surface area (Å²) in [4.78, 5) is 0. The van der Waals surface area contributed by atoms with E-state index in [9.17, 15) is 15.3 Å². The predicted molar refractivity (Wildman–Crippen MR) is 45.6 cm³/mol. The van der Waals surface area contributed by atoms with Crippen LogP contribution in [0.5, 0.6) is 0 Å². The van der Waals surface area contributed by atoms with Crippen LogP contribution in [0.15, 0.2) is 0 Å². The lowest BCUT2D eigenvalue weighted by Gasteiger charge is -2.45. The fourth-order valence-electron chi connectivity index (χ4n) is 1.75. The molecule has 0 aromatic heterocycles. The second-order valence-electron chi connectivity index (χ2n) is 4.46. The highest BCUT2D eigenvalue weighted by atomic mass is 16.4. The van der Waals surface area contributed by atoms with Gasteiger partial charge in [0.25, 0.3) is 0 Å².